The number of nitrogens with one attached hydrogen (secondary N) is 1. The van der Waals surface area contributed by atoms with Crippen molar-refractivity contribution in [1.82, 2.24) is 4.31 Å². The number of halogens is 1. The molecular weight excluding hydrogens is 350 g/mol. The van der Waals surface area contributed by atoms with Gasteiger partial charge in [-0.1, -0.05) is 25.4 Å². The van der Waals surface area contributed by atoms with Gasteiger partial charge in [-0.15, -0.1) is 0 Å². The molecule has 1 aromatic rings. The maximum Gasteiger partial charge on any atom is 0.244 e. The van der Waals surface area contributed by atoms with Crippen LogP contribution in [0.1, 0.15) is 33.1 Å². The number of nitrogens with two attached hydrogens (primary N) is 1. The van der Waals surface area contributed by atoms with Gasteiger partial charge in [0.25, 0.3) is 0 Å². The number of nitrogens with zero attached hydrogens (tertiary/aromatic N) is 1. The molecule has 1 aliphatic rings. The molecular formula is C16H24ClN3O3S. The Morgan fingerprint density at radius 2 is 2.00 bits per heavy atom. The Labute approximate surface area is 148 Å². The molecule has 1 amide bonds. The fraction of sp³-hybridized carbons (Fsp3) is 0.562. The van der Waals surface area contributed by atoms with Crippen LogP contribution < -0.4 is 11.1 Å². The van der Waals surface area contributed by atoms with Crippen molar-refractivity contribution >= 4 is 33.2 Å². The summed E-state index contributed by atoms with van der Waals surface area (Å²) in [6.45, 7) is 4.24. The second kappa shape index (κ2) is 7.82. The number of sulfonamides is 1. The molecule has 0 radical (unpaired) electrons. The molecule has 6 nitrogen and oxygen atoms in total. The minimum atomic E-state index is -3.69. The average Bonchev–Trinajstić information content (AvgIpc) is 2.96. The smallest absolute Gasteiger partial charge is 0.244 e. The third kappa shape index (κ3) is 4.08. The fourth-order valence-electron chi connectivity index (χ4n) is 2.98. The Kier molecular flexibility index (Phi) is 6.25. The summed E-state index contributed by atoms with van der Waals surface area (Å²) in [5, 5.41) is 2.92. The number of rotatable bonds is 6. The van der Waals surface area contributed by atoms with Crippen molar-refractivity contribution in [2.75, 3.05) is 18.4 Å². The van der Waals surface area contributed by atoms with Crippen LogP contribution in [0.3, 0.4) is 0 Å². The van der Waals surface area contributed by atoms with Gasteiger partial charge in [0, 0.05) is 30.7 Å². The largest absolute Gasteiger partial charge is 0.328 e. The van der Waals surface area contributed by atoms with Gasteiger partial charge in [0.15, 0.2) is 0 Å². The summed E-state index contributed by atoms with van der Waals surface area (Å²) in [6, 6.07) is 4.58. The lowest BCUT2D eigenvalue weighted by molar-refractivity contribution is -0.119. The van der Waals surface area contributed by atoms with Crippen LogP contribution in [0.4, 0.5) is 5.69 Å². The van der Waals surface area contributed by atoms with Crippen molar-refractivity contribution < 1.29 is 13.2 Å². The van der Waals surface area contributed by atoms with Gasteiger partial charge < -0.3 is 11.1 Å². The number of carbonyl (C=O) groups is 1. The molecule has 1 aromatic carbocycles. The number of hydrogen-bond acceptors (Lipinski definition) is 4. The summed E-state index contributed by atoms with van der Waals surface area (Å²) in [7, 11) is -3.69. The highest BCUT2D eigenvalue weighted by molar-refractivity contribution is 7.89. The van der Waals surface area contributed by atoms with Crippen molar-refractivity contribution in [3.05, 3.63) is 23.2 Å². The van der Waals surface area contributed by atoms with Gasteiger partial charge in [-0.3, -0.25) is 4.79 Å². The Hall–Kier alpha value is -1.15. The zero-order chi connectivity index (χ0) is 17.9. The topological polar surface area (TPSA) is 92.5 Å². The van der Waals surface area contributed by atoms with Crippen LogP contribution >= 0.6 is 11.6 Å². The first-order chi connectivity index (χ1) is 11.3. The summed E-state index contributed by atoms with van der Waals surface area (Å²) < 4.78 is 26.7. The number of carbonyl (C=O) groups excluding carboxylic acids is 1. The molecule has 0 bridgehead atoms. The van der Waals surface area contributed by atoms with Crippen LogP contribution in [0.25, 0.3) is 0 Å². The standard InChI is InChI=1S/C16H24ClN3O3S/c1-3-20(4-2)24(22,23)15-10-13(7-8-14(15)17)19-16(21)11-5-6-12(18)9-11/h7-8,10-12H,3-6,9,18H2,1-2H3,(H,19,21). The highest BCUT2D eigenvalue weighted by atomic mass is 35.5. The van der Waals surface area contributed by atoms with E-state index in [0.717, 1.165) is 12.8 Å². The van der Waals surface area contributed by atoms with E-state index in [4.69, 9.17) is 17.3 Å². The van der Waals surface area contributed by atoms with Gasteiger partial charge >= 0.3 is 0 Å². The zero-order valence-electron chi connectivity index (χ0n) is 14.0. The van der Waals surface area contributed by atoms with E-state index >= 15 is 0 Å². The fourth-order valence-corrected chi connectivity index (χ4v) is 4.94. The number of benzene rings is 1. The summed E-state index contributed by atoms with van der Waals surface area (Å²) in [6.07, 6.45) is 2.25. The Balaban J connectivity index is 2.24. The number of hydrogen-bond donors (Lipinski definition) is 2. The quantitative estimate of drug-likeness (QED) is 0.800. The molecule has 2 atom stereocenters. The minimum absolute atomic E-state index is 0.00814. The van der Waals surface area contributed by atoms with Crippen molar-refractivity contribution in [3.8, 4) is 0 Å². The van der Waals surface area contributed by atoms with Crippen molar-refractivity contribution in [1.29, 1.82) is 0 Å². The lowest BCUT2D eigenvalue weighted by Crippen LogP contribution is -2.31. The van der Waals surface area contributed by atoms with Crippen LogP contribution in [0, 0.1) is 5.92 Å². The molecule has 0 aliphatic heterocycles. The monoisotopic (exact) mass is 373 g/mol. The van der Waals surface area contributed by atoms with Crippen molar-refractivity contribution in [3.63, 3.8) is 0 Å². The van der Waals surface area contributed by atoms with Gasteiger partial charge in [0.1, 0.15) is 4.90 Å². The molecule has 8 heteroatoms. The van der Waals surface area contributed by atoms with Gasteiger partial charge in [0.05, 0.1) is 5.02 Å². The predicted molar refractivity (Wildman–Crippen MR) is 95.5 cm³/mol. The highest BCUT2D eigenvalue weighted by Gasteiger charge is 2.29. The number of anilines is 1. The lowest BCUT2D eigenvalue weighted by Gasteiger charge is -2.20. The van der Waals surface area contributed by atoms with E-state index in [1.807, 2.05) is 0 Å². The van der Waals surface area contributed by atoms with Crippen LogP contribution in [0.2, 0.25) is 5.02 Å². The third-order valence-electron chi connectivity index (χ3n) is 4.37. The van der Waals surface area contributed by atoms with Crippen LogP contribution in [-0.4, -0.2) is 37.8 Å². The number of amides is 1. The Bertz CT molecular complexity index is 705. The van der Waals surface area contributed by atoms with E-state index in [0.29, 0.717) is 25.2 Å². The second-order valence-corrected chi connectivity index (χ2v) is 8.31. The van der Waals surface area contributed by atoms with Gasteiger partial charge in [0.2, 0.25) is 15.9 Å². The Morgan fingerprint density at radius 3 is 2.54 bits per heavy atom. The summed E-state index contributed by atoms with van der Waals surface area (Å²) in [4.78, 5) is 12.3. The van der Waals surface area contributed by atoms with Crippen molar-refractivity contribution in [2.45, 2.75) is 44.0 Å². The van der Waals surface area contributed by atoms with E-state index in [1.54, 1.807) is 19.9 Å². The zero-order valence-corrected chi connectivity index (χ0v) is 15.5. The molecule has 134 valence electrons. The van der Waals surface area contributed by atoms with Crippen LogP contribution in [-0.2, 0) is 14.8 Å². The minimum Gasteiger partial charge on any atom is -0.328 e. The molecule has 0 spiro atoms. The maximum absolute atomic E-state index is 12.7. The average molecular weight is 374 g/mol. The van der Waals surface area contributed by atoms with E-state index in [9.17, 15) is 13.2 Å². The van der Waals surface area contributed by atoms with E-state index in [-0.39, 0.29) is 27.8 Å². The van der Waals surface area contributed by atoms with E-state index in [2.05, 4.69) is 5.32 Å². The third-order valence-corrected chi connectivity index (χ3v) is 6.90. The molecule has 1 saturated carbocycles. The first kappa shape index (κ1) is 19.2. The first-order valence-electron chi connectivity index (χ1n) is 8.15. The molecule has 0 aromatic heterocycles. The predicted octanol–water partition coefficient (Wildman–Crippen LogP) is 2.44. The molecule has 2 rings (SSSR count). The molecule has 3 N–H and O–H groups in total. The van der Waals surface area contributed by atoms with Gasteiger partial charge in [-0.2, -0.15) is 4.31 Å². The summed E-state index contributed by atoms with van der Waals surface area (Å²) in [5.41, 5.74) is 6.27. The molecule has 24 heavy (non-hydrogen) atoms. The first-order valence-corrected chi connectivity index (χ1v) is 9.97. The lowest BCUT2D eigenvalue weighted by atomic mass is 10.1. The SMILES string of the molecule is CCN(CC)S(=O)(=O)c1cc(NC(=O)C2CCC(N)C2)ccc1Cl. The normalized spacial score (nSPS) is 21.2. The van der Waals surface area contributed by atoms with Crippen LogP contribution in [0.5, 0.6) is 0 Å². The summed E-state index contributed by atoms with van der Waals surface area (Å²) in [5.74, 6) is -0.255. The van der Waals surface area contributed by atoms with Gasteiger partial charge in [-0.05, 0) is 37.5 Å². The molecule has 0 saturated heterocycles. The van der Waals surface area contributed by atoms with Crippen LogP contribution in [0.15, 0.2) is 23.1 Å². The molecule has 2 unspecified atom stereocenters. The summed E-state index contributed by atoms with van der Waals surface area (Å²) >= 11 is 6.09. The highest BCUT2D eigenvalue weighted by Crippen LogP contribution is 2.29. The maximum atomic E-state index is 12.7. The second-order valence-electron chi connectivity index (χ2n) is 5.99. The van der Waals surface area contributed by atoms with Crippen molar-refractivity contribution in [2.24, 2.45) is 11.7 Å². The Morgan fingerprint density at radius 1 is 1.33 bits per heavy atom. The van der Waals surface area contributed by atoms with E-state index < -0.39 is 10.0 Å². The van der Waals surface area contributed by atoms with Gasteiger partial charge in [-0.25, -0.2) is 8.42 Å². The molecule has 1 aliphatic carbocycles. The van der Waals surface area contributed by atoms with E-state index in [1.165, 1.54) is 16.4 Å². The molecule has 1 fully saturated rings. The molecule has 0 heterocycles.